The SMILES string of the molecule is O=C(Nc1cccc(C(=O)N2CCN(C(=O)c3cc4ccccc4[nH]3)CC2)c1)C1Cc2ccccc2O1. The minimum Gasteiger partial charge on any atom is -0.480 e. The van der Waals surface area contributed by atoms with E-state index in [2.05, 4.69) is 10.3 Å². The van der Waals surface area contributed by atoms with E-state index in [0.29, 0.717) is 49.5 Å². The summed E-state index contributed by atoms with van der Waals surface area (Å²) in [5.74, 6) is 0.293. The second kappa shape index (κ2) is 9.46. The molecule has 186 valence electrons. The Morgan fingerprint density at radius 1 is 0.811 bits per heavy atom. The smallest absolute Gasteiger partial charge is 0.270 e. The Labute approximate surface area is 213 Å². The Kier molecular flexibility index (Phi) is 5.84. The van der Waals surface area contributed by atoms with Crippen molar-refractivity contribution >= 4 is 34.3 Å². The molecule has 3 amide bonds. The van der Waals surface area contributed by atoms with E-state index >= 15 is 0 Å². The van der Waals surface area contributed by atoms with E-state index in [1.54, 1.807) is 34.1 Å². The summed E-state index contributed by atoms with van der Waals surface area (Å²) in [7, 11) is 0. The lowest BCUT2D eigenvalue weighted by Crippen LogP contribution is -2.50. The monoisotopic (exact) mass is 494 g/mol. The topological polar surface area (TPSA) is 94.7 Å². The van der Waals surface area contributed by atoms with Gasteiger partial charge >= 0.3 is 0 Å². The number of ether oxygens (including phenoxy) is 1. The van der Waals surface area contributed by atoms with Crippen molar-refractivity contribution in [2.24, 2.45) is 0 Å². The predicted molar refractivity (Wildman–Crippen MR) is 140 cm³/mol. The van der Waals surface area contributed by atoms with Crippen LogP contribution in [0.4, 0.5) is 5.69 Å². The van der Waals surface area contributed by atoms with Crippen molar-refractivity contribution < 1.29 is 19.1 Å². The van der Waals surface area contributed by atoms with Gasteiger partial charge in [0.05, 0.1) is 0 Å². The van der Waals surface area contributed by atoms with Gasteiger partial charge in [-0.05, 0) is 42.0 Å². The highest BCUT2D eigenvalue weighted by molar-refractivity contribution is 6.00. The van der Waals surface area contributed by atoms with E-state index in [1.165, 1.54) is 0 Å². The molecule has 4 aromatic rings. The molecule has 1 unspecified atom stereocenters. The van der Waals surface area contributed by atoms with Crippen molar-refractivity contribution in [2.45, 2.75) is 12.5 Å². The number of piperazine rings is 1. The van der Waals surface area contributed by atoms with Gasteiger partial charge in [-0.2, -0.15) is 0 Å². The van der Waals surface area contributed by atoms with Gasteiger partial charge in [-0.3, -0.25) is 14.4 Å². The lowest BCUT2D eigenvalue weighted by atomic mass is 10.1. The van der Waals surface area contributed by atoms with Crippen LogP contribution in [0, 0.1) is 0 Å². The summed E-state index contributed by atoms with van der Waals surface area (Å²) >= 11 is 0. The maximum absolute atomic E-state index is 13.2. The fourth-order valence-corrected chi connectivity index (χ4v) is 4.94. The Hall–Kier alpha value is -4.59. The Balaban J connectivity index is 1.06. The van der Waals surface area contributed by atoms with Gasteiger partial charge in [-0.15, -0.1) is 0 Å². The van der Waals surface area contributed by atoms with Crippen LogP contribution in [0.5, 0.6) is 5.75 Å². The van der Waals surface area contributed by atoms with Crippen molar-refractivity contribution in [1.29, 1.82) is 0 Å². The zero-order valence-corrected chi connectivity index (χ0v) is 20.1. The molecule has 1 atom stereocenters. The van der Waals surface area contributed by atoms with Gasteiger partial charge in [0.15, 0.2) is 6.10 Å². The molecule has 6 rings (SSSR count). The van der Waals surface area contributed by atoms with Gasteiger partial charge in [0.1, 0.15) is 11.4 Å². The number of fused-ring (bicyclic) bond motifs is 2. The number of hydrogen-bond acceptors (Lipinski definition) is 4. The number of carbonyl (C=O) groups excluding carboxylic acids is 3. The predicted octanol–water partition coefficient (Wildman–Crippen LogP) is 3.71. The quantitative estimate of drug-likeness (QED) is 0.452. The molecule has 8 nitrogen and oxygen atoms in total. The Morgan fingerprint density at radius 3 is 2.32 bits per heavy atom. The van der Waals surface area contributed by atoms with Gasteiger partial charge in [-0.1, -0.05) is 42.5 Å². The average Bonchev–Trinajstić information content (AvgIpc) is 3.57. The summed E-state index contributed by atoms with van der Waals surface area (Å²) < 4.78 is 5.77. The number of rotatable bonds is 4. The second-order valence-corrected chi connectivity index (χ2v) is 9.34. The molecule has 8 heteroatoms. The molecule has 37 heavy (non-hydrogen) atoms. The molecule has 2 aliphatic heterocycles. The van der Waals surface area contributed by atoms with E-state index in [1.807, 2.05) is 54.6 Å². The van der Waals surface area contributed by atoms with Crippen molar-refractivity contribution in [1.82, 2.24) is 14.8 Å². The highest BCUT2D eigenvalue weighted by Gasteiger charge is 2.29. The standard InChI is InChI=1S/C29H26N4O4/c34-27(26-18-20-7-2-4-11-25(20)37-26)30-22-9-5-8-21(16-22)28(35)32-12-14-33(15-13-32)29(36)24-17-19-6-1-3-10-23(19)31-24/h1-11,16-17,26,31H,12-15,18H2,(H,30,34). The first-order valence-electron chi connectivity index (χ1n) is 12.4. The fraction of sp³-hybridized carbons (Fsp3) is 0.207. The van der Waals surface area contributed by atoms with Crippen molar-refractivity contribution in [2.75, 3.05) is 31.5 Å². The number of nitrogens with zero attached hydrogens (tertiary/aromatic N) is 2. The number of aromatic nitrogens is 1. The number of benzene rings is 3. The minimum absolute atomic E-state index is 0.0655. The molecule has 1 saturated heterocycles. The Bertz CT molecular complexity index is 1440. The van der Waals surface area contributed by atoms with Crippen LogP contribution in [0.1, 0.15) is 26.4 Å². The first kappa shape index (κ1) is 22.8. The zero-order valence-electron chi connectivity index (χ0n) is 20.1. The van der Waals surface area contributed by atoms with Crippen LogP contribution >= 0.6 is 0 Å². The molecule has 0 spiro atoms. The van der Waals surface area contributed by atoms with Crippen LogP contribution in [0.2, 0.25) is 0 Å². The molecule has 0 bridgehead atoms. The van der Waals surface area contributed by atoms with E-state index in [9.17, 15) is 14.4 Å². The average molecular weight is 495 g/mol. The van der Waals surface area contributed by atoms with Crippen LogP contribution in [-0.4, -0.2) is 64.8 Å². The van der Waals surface area contributed by atoms with Crippen LogP contribution in [0.15, 0.2) is 78.9 Å². The summed E-state index contributed by atoms with van der Waals surface area (Å²) in [6.07, 6.45) is -0.0815. The van der Waals surface area contributed by atoms with E-state index in [0.717, 1.165) is 22.2 Å². The van der Waals surface area contributed by atoms with Gasteiger partial charge in [0.2, 0.25) is 0 Å². The molecule has 2 N–H and O–H groups in total. The van der Waals surface area contributed by atoms with Crippen LogP contribution < -0.4 is 10.1 Å². The zero-order chi connectivity index (χ0) is 25.4. The third-order valence-electron chi connectivity index (χ3n) is 6.93. The molecule has 0 radical (unpaired) electrons. The molecule has 3 heterocycles. The number of aromatic amines is 1. The first-order chi connectivity index (χ1) is 18.0. The normalized spacial score (nSPS) is 16.8. The number of para-hydroxylation sites is 2. The lowest BCUT2D eigenvalue weighted by Gasteiger charge is -2.34. The van der Waals surface area contributed by atoms with Crippen molar-refractivity contribution in [3.8, 4) is 5.75 Å². The maximum Gasteiger partial charge on any atom is 0.270 e. The van der Waals surface area contributed by atoms with Crippen LogP contribution in [0.3, 0.4) is 0 Å². The van der Waals surface area contributed by atoms with Gasteiger partial charge in [0, 0.05) is 54.8 Å². The highest BCUT2D eigenvalue weighted by atomic mass is 16.5. The first-order valence-corrected chi connectivity index (χ1v) is 12.4. The van der Waals surface area contributed by atoms with E-state index in [-0.39, 0.29) is 17.7 Å². The summed E-state index contributed by atoms with van der Waals surface area (Å²) in [4.78, 5) is 45.6. The van der Waals surface area contributed by atoms with Crippen LogP contribution in [-0.2, 0) is 11.2 Å². The summed E-state index contributed by atoms with van der Waals surface area (Å²) in [6.45, 7) is 1.79. The molecular formula is C29H26N4O4. The number of hydrogen-bond donors (Lipinski definition) is 2. The summed E-state index contributed by atoms with van der Waals surface area (Å²) in [5, 5.41) is 3.87. The number of H-pyrrole nitrogens is 1. The Morgan fingerprint density at radius 2 is 1.54 bits per heavy atom. The third kappa shape index (κ3) is 4.53. The molecule has 3 aromatic carbocycles. The molecule has 0 saturated carbocycles. The van der Waals surface area contributed by atoms with E-state index < -0.39 is 6.10 Å². The third-order valence-corrected chi connectivity index (χ3v) is 6.93. The maximum atomic E-state index is 13.2. The second-order valence-electron chi connectivity index (χ2n) is 9.34. The lowest BCUT2D eigenvalue weighted by molar-refractivity contribution is -0.122. The molecule has 0 aliphatic carbocycles. The van der Waals surface area contributed by atoms with Gasteiger partial charge in [-0.25, -0.2) is 0 Å². The number of amides is 3. The largest absolute Gasteiger partial charge is 0.480 e. The molecule has 1 aromatic heterocycles. The van der Waals surface area contributed by atoms with Crippen molar-refractivity contribution in [3.05, 3.63) is 95.7 Å². The molecule has 1 fully saturated rings. The number of anilines is 1. The van der Waals surface area contributed by atoms with Crippen molar-refractivity contribution in [3.63, 3.8) is 0 Å². The molecule has 2 aliphatic rings. The van der Waals surface area contributed by atoms with Crippen LogP contribution in [0.25, 0.3) is 10.9 Å². The number of nitrogens with one attached hydrogen (secondary N) is 2. The van der Waals surface area contributed by atoms with E-state index in [4.69, 9.17) is 4.74 Å². The number of carbonyl (C=O) groups is 3. The van der Waals surface area contributed by atoms with Gasteiger partial charge in [0.25, 0.3) is 17.7 Å². The summed E-state index contributed by atoms with van der Waals surface area (Å²) in [6, 6.07) is 24.2. The minimum atomic E-state index is -0.598. The highest BCUT2D eigenvalue weighted by Crippen LogP contribution is 2.29. The summed E-state index contributed by atoms with van der Waals surface area (Å²) in [5.41, 5.74) is 3.52. The van der Waals surface area contributed by atoms with Gasteiger partial charge < -0.3 is 24.8 Å². The molecular weight excluding hydrogens is 468 g/mol. The fourth-order valence-electron chi connectivity index (χ4n) is 4.94.